The van der Waals surface area contributed by atoms with Gasteiger partial charge in [-0.25, -0.2) is 0 Å². The van der Waals surface area contributed by atoms with Crippen LogP contribution >= 0.6 is 11.6 Å². The molecular weight excluding hydrogens is 246 g/mol. The van der Waals surface area contributed by atoms with E-state index in [-0.39, 0.29) is 6.04 Å². The van der Waals surface area contributed by atoms with Crippen LogP contribution in [-0.2, 0) is 0 Å². The monoisotopic (exact) mass is 261 g/mol. The first-order valence-electron chi connectivity index (χ1n) is 5.86. The number of hydrogen-bond donors (Lipinski definition) is 1. The Morgan fingerprint density at radius 2 is 1.67 bits per heavy atom. The first-order chi connectivity index (χ1) is 8.56. The van der Waals surface area contributed by atoms with Gasteiger partial charge in [-0.3, -0.25) is 0 Å². The lowest BCUT2D eigenvalue weighted by Crippen LogP contribution is -2.05. The molecule has 2 N–H and O–H groups in total. The molecule has 0 saturated carbocycles. The molecule has 0 aliphatic carbocycles. The molecule has 94 valence electrons. The van der Waals surface area contributed by atoms with E-state index < -0.39 is 0 Å². The summed E-state index contributed by atoms with van der Waals surface area (Å²) in [5.74, 6) is 1.51. The van der Waals surface area contributed by atoms with Crippen LogP contribution in [0.5, 0.6) is 11.5 Å². The number of aryl methyl sites for hydroxylation is 1. The van der Waals surface area contributed by atoms with E-state index >= 15 is 0 Å². The molecule has 2 aromatic carbocycles. The average Bonchev–Trinajstić information content (AvgIpc) is 2.32. The Morgan fingerprint density at radius 3 is 2.22 bits per heavy atom. The maximum atomic E-state index is 6.16. The summed E-state index contributed by atoms with van der Waals surface area (Å²) >= 11 is 6.16. The van der Waals surface area contributed by atoms with Gasteiger partial charge in [0.05, 0.1) is 0 Å². The van der Waals surface area contributed by atoms with Crippen molar-refractivity contribution in [2.75, 3.05) is 0 Å². The largest absolute Gasteiger partial charge is 0.457 e. The Kier molecular flexibility index (Phi) is 3.90. The minimum atomic E-state index is -0.0778. The van der Waals surface area contributed by atoms with Crippen molar-refractivity contribution < 1.29 is 4.74 Å². The van der Waals surface area contributed by atoms with Crippen molar-refractivity contribution in [3.8, 4) is 11.5 Å². The Hall–Kier alpha value is -1.51. The zero-order valence-corrected chi connectivity index (χ0v) is 11.2. The first-order valence-corrected chi connectivity index (χ1v) is 6.23. The second-order valence-corrected chi connectivity index (χ2v) is 4.79. The van der Waals surface area contributed by atoms with Gasteiger partial charge in [0.15, 0.2) is 0 Å². The highest BCUT2D eigenvalue weighted by molar-refractivity contribution is 6.31. The van der Waals surface area contributed by atoms with E-state index in [0.29, 0.717) is 10.8 Å². The summed E-state index contributed by atoms with van der Waals surface area (Å²) in [4.78, 5) is 0. The van der Waals surface area contributed by atoms with Gasteiger partial charge in [-0.15, -0.1) is 0 Å². The second-order valence-electron chi connectivity index (χ2n) is 4.39. The lowest BCUT2D eigenvalue weighted by atomic mass is 10.1. The Bertz CT molecular complexity index is 535. The van der Waals surface area contributed by atoms with Crippen LogP contribution in [0.25, 0.3) is 0 Å². The molecule has 0 spiro atoms. The number of hydrogen-bond acceptors (Lipinski definition) is 2. The summed E-state index contributed by atoms with van der Waals surface area (Å²) in [6.45, 7) is 3.94. The molecule has 3 heteroatoms. The van der Waals surface area contributed by atoms with Crippen molar-refractivity contribution in [1.82, 2.24) is 0 Å². The fraction of sp³-hybridized carbons (Fsp3) is 0.200. The molecular formula is C15H16ClNO. The molecule has 2 rings (SSSR count). The minimum absolute atomic E-state index is 0.0778. The SMILES string of the molecule is Cc1ccc(Oc2ccc(C(C)N)c(Cl)c2)cc1. The van der Waals surface area contributed by atoms with Gasteiger partial charge in [0, 0.05) is 11.1 Å². The molecule has 18 heavy (non-hydrogen) atoms. The second kappa shape index (κ2) is 5.42. The zero-order chi connectivity index (χ0) is 13.1. The summed E-state index contributed by atoms with van der Waals surface area (Å²) in [5, 5.41) is 0.634. The lowest BCUT2D eigenvalue weighted by Gasteiger charge is -2.11. The fourth-order valence-electron chi connectivity index (χ4n) is 1.68. The van der Waals surface area contributed by atoms with E-state index in [1.807, 2.05) is 50.2 Å². The molecule has 1 unspecified atom stereocenters. The van der Waals surface area contributed by atoms with Crippen molar-refractivity contribution in [3.05, 3.63) is 58.6 Å². The maximum Gasteiger partial charge on any atom is 0.128 e. The first kappa shape index (κ1) is 12.9. The predicted octanol–water partition coefficient (Wildman–Crippen LogP) is 4.46. The van der Waals surface area contributed by atoms with Gasteiger partial charge in [-0.2, -0.15) is 0 Å². The molecule has 0 amide bonds. The van der Waals surface area contributed by atoms with Crippen LogP contribution in [0, 0.1) is 6.92 Å². The molecule has 0 aliphatic heterocycles. The van der Waals surface area contributed by atoms with Crippen LogP contribution in [0.4, 0.5) is 0 Å². The minimum Gasteiger partial charge on any atom is -0.457 e. The summed E-state index contributed by atoms with van der Waals surface area (Å²) in [6, 6.07) is 13.4. The third-order valence-corrected chi connectivity index (χ3v) is 3.05. The van der Waals surface area contributed by atoms with Crippen LogP contribution in [-0.4, -0.2) is 0 Å². The fourth-order valence-corrected chi connectivity index (χ4v) is 2.03. The highest BCUT2D eigenvalue weighted by atomic mass is 35.5. The van der Waals surface area contributed by atoms with Gasteiger partial charge >= 0.3 is 0 Å². The normalized spacial score (nSPS) is 12.2. The maximum absolute atomic E-state index is 6.16. The van der Waals surface area contributed by atoms with Crippen molar-refractivity contribution >= 4 is 11.6 Å². The third-order valence-electron chi connectivity index (χ3n) is 2.72. The zero-order valence-electron chi connectivity index (χ0n) is 10.5. The van der Waals surface area contributed by atoms with Gasteiger partial charge in [-0.1, -0.05) is 35.4 Å². The molecule has 2 aromatic rings. The van der Waals surface area contributed by atoms with Gasteiger partial charge in [0.1, 0.15) is 11.5 Å². The van der Waals surface area contributed by atoms with E-state index in [4.69, 9.17) is 22.1 Å². The van der Waals surface area contributed by atoms with E-state index in [2.05, 4.69) is 0 Å². The predicted molar refractivity (Wildman–Crippen MR) is 75.3 cm³/mol. The summed E-state index contributed by atoms with van der Waals surface area (Å²) in [6.07, 6.45) is 0. The summed E-state index contributed by atoms with van der Waals surface area (Å²) in [7, 11) is 0. The molecule has 0 saturated heterocycles. The molecule has 0 heterocycles. The van der Waals surface area contributed by atoms with Gasteiger partial charge in [-0.05, 0) is 43.7 Å². The molecule has 0 bridgehead atoms. The van der Waals surface area contributed by atoms with Crippen molar-refractivity contribution in [1.29, 1.82) is 0 Å². The lowest BCUT2D eigenvalue weighted by molar-refractivity contribution is 0.482. The smallest absolute Gasteiger partial charge is 0.128 e. The van der Waals surface area contributed by atoms with Crippen LogP contribution in [0.15, 0.2) is 42.5 Å². The standard InChI is InChI=1S/C15H16ClNO/c1-10-3-5-12(6-4-10)18-13-7-8-14(11(2)17)15(16)9-13/h3-9,11H,17H2,1-2H3. The average molecular weight is 262 g/mol. The molecule has 0 aliphatic rings. The van der Waals surface area contributed by atoms with E-state index in [0.717, 1.165) is 11.3 Å². The Morgan fingerprint density at radius 1 is 1.06 bits per heavy atom. The molecule has 0 aromatic heterocycles. The van der Waals surface area contributed by atoms with Gasteiger partial charge < -0.3 is 10.5 Å². The number of benzene rings is 2. The number of ether oxygens (including phenoxy) is 1. The number of nitrogens with two attached hydrogens (primary N) is 1. The van der Waals surface area contributed by atoms with Crippen LogP contribution in [0.2, 0.25) is 5.02 Å². The molecule has 0 radical (unpaired) electrons. The van der Waals surface area contributed by atoms with Crippen molar-refractivity contribution in [2.24, 2.45) is 5.73 Å². The topological polar surface area (TPSA) is 35.2 Å². The van der Waals surface area contributed by atoms with E-state index in [9.17, 15) is 0 Å². The van der Waals surface area contributed by atoms with Crippen LogP contribution in [0.1, 0.15) is 24.1 Å². The van der Waals surface area contributed by atoms with Crippen molar-refractivity contribution in [2.45, 2.75) is 19.9 Å². The Balaban J connectivity index is 2.20. The summed E-state index contributed by atoms with van der Waals surface area (Å²) < 4.78 is 5.72. The van der Waals surface area contributed by atoms with Crippen LogP contribution in [0.3, 0.4) is 0 Å². The van der Waals surface area contributed by atoms with E-state index in [1.54, 1.807) is 6.07 Å². The molecule has 1 atom stereocenters. The molecule has 0 fully saturated rings. The van der Waals surface area contributed by atoms with E-state index in [1.165, 1.54) is 5.56 Å². The summed E-state index contributed by atoms with van der Waals surface area (Å²) in [5.41, 5.74) is 7.93. The third kappa shape index (κ3) is 3.03. The molecule has 2 nitrogen and oxygen atoms in total. The highest BCUT2D eigenvalue weighted by Crippen LogP contribution is 2.29. The van der Waals surface area contributed by atoms with Crippen molar-refractivity contribution in [3.63, 3.8) is 0 Å². The van der Waals surface area contributed by atoms with Crippen LogP contribution < -0.4 is 10.5 Å². The van der Waals surface area contributed by atoms with Gasteiger partial charge in [0.25, 0.3) is 0 Å². The number of rotatable bonds is 3. The quantitative estimate of drug-likeness (QED) is 0.885. The highest BCUT2D eigenvalue weighted by Gasteiger charge is 2.07. The van der Waals surface area contributed by atoms with Gasteiger partial charge in [0.2, 0.25) is 0 Å². The number of halogens is 1. The Labute approximate surface area is 112 Å².